The lowest BCUT2D eigenvalue weighted by molar-refractivity contribution is 0.0952. The Hall–Kier alpha value is -3.47. The molecule has 0 aliphatic heterocycles. The van der Waals surface area contributed by atoms with E-state index in [1.165, 1.54) is 0 Å². The number of amides is 1. The van der Waals surface area contributed by atoms with Gasteiger partial charge in [-0.1, -0.05) is 54.6 Å². The lowest BCUT2D eigenvalue weighted by atomic mass is 10.2. The molecule has 1 amide bonds. The highest BCUT2D eigenvalue weighted by atomic mass is 16.1. The lowest BCUT2D eigenvalue weighted by Crippen LogP contribution is -2.25. The largest absolute Gasteiger partial charge is 0.347 e. The molecule has 0 unspecified atom stereocenters. The molecule has 130 valence electrons. The van der Waals surface area contributed by atoms with Gasteiger partial charge in [-0.25, -0.2) is 0 Å². The normalized spacial score (nSPS) is 10.2. The number of hydrogen-bond donors (Lipinski definition) is 1. The summed E-state index contributed by atoms with van der Waals surface area (Å²) in [6, 6.07) is 23.6. The van der Waals surface area contributed by atoms with Crippen LogP contribution in [0, 0.1) is 0 Å². The zero-order chi connectivity index (χ0) is 18.2. The van der Waals surface area contributed by atoms with Gasteiger partial charge in [0.15, 0.2) is 11.5 Å². The fraction of sp³-hybridized carbons (Fsp3) is 0.0952. The molecule has 1 aromatic heterocycles. The molecule has 0 bridgehead atoms. The number of nitrogens with one attached hydrogen (secondary N) is 1. The van der Waals surface area contributed by atoms with Crippen molar-refractivity contribution in [1.82, 2.24) is 15.5 Å². The Labute approximate surface area is 153 Å². The van der Waals surface area contributed by atoms with Crippen molar-refractivity contribution >= 4 is 17.4 Å². The van der Waals surface area contributed by atoms with Crippen molar-refractivity contribution in [1.29, 1.82) is 0 Å². The average molecular weight is 344 g/mol. The number of carbonyl (C=O) groups excluding carboxylic acids is 1. The highest BCUT2D eigenvalue weighted by Gasteiger charge is 2.14. The minimum atomic E-state index is -0.265. The molecule has 1 N–H and O–H groups in total. The van der Waals surface area contributed by atoms with Gasteiger partial charge in [0.25, 0.3) is 5.91 Å². The Morgan fingerprint density at radius 2 is 1.65 bits per heavy atom. The second-order valence-electron chi connectivity index (χ2n) is 5.68. The Morgan fingerprint density at radius 3 is 2.27 bits per heavy atom. The van der Waals surface area contributed by atoms with E-state index in [0.29, 0.717) is 18.9 Å². The summed E-state index contributed by atoms with van der Waals surface area (Å²) in [6.45, 7) is 4.63. The van der Waals surface area contributed by atoms with Crippen molar-refractivity contribution in [2.24, 2.45) is 0 Å². The molecule has 26 heavy (non-hydrogen) atoms. The third-order valence-electron chi connectivity index (χ3n) is 3.82. The van der Waals surface area contributed by atoms with Crippen LogP contribution in [-0.2, 0) is 6.54 Å². The van der Waals surface area contributed by atoms with Crippen LogP contribution in [0.15, 0.2) is 85.5 Å². The predicted molar refractivity (Wildman–Crippen MR) is 103 cm³/mol. The number of para-hydroxylation sites is 1. The molecule has 0 fully saturated rings. The van der Waals surface area contributed by atoms with Gasteiger partial charge in [-0.05, 0) is 29.8 Å². The molecule has 3 rings (SSSR count). The van der Waals surface area contributed by atoms with Gasteiger partial charge in [0.1, 0.15) is 0 Å². The maximum absolute atomic E-state index is 12.0. The zero-order valence-corrected chi connectivity index (χ0v) is 14.4. The summed E-state index contributed by atoms with van der Waals surface area (Å²) in [5.74, 6) is 0.415. The fourth-order valence-corrected chi connectivity index (χ4v) is 2.52. The monoisotopic (exact) mass is 344 g/mol. The lowest BCUT2D eigenvalue weighted by Gasteiger charge is -2.23. The molecule has 1 heterocycles. The van der Waals surface area contributed by atoms with Crippen molar-refractivity contribution in [3.8, 4) is 0 Å². The first-order valence-corrected chi connectivity index (χ1v) is 8.37. The molecule has 0 aliphatic carbocycles. The van der Waals surface area contributed by atoms with E-state index >= 15 is 0 Å². The number of benzene rings is 2. The van der Waals surface area contributed by atoms with Crippen molar-refractivity contribution in [2.75, 3.05) is 11.4 Å². The Balaban J connectivity index is 1.87. The van der Waals surface area contributed by atoms with Crippen LogP contribution in [0.1, 0.15) is 16.1 Å². The van der Waals surface area contributed by atoms with Gasteiger partial charge in [0, 0.05) is 18.8 Å². The van der Waals surface area contributed by atoms with E-state index in [0.717, 1.165) is 11.3 Å². The van der Waals surface area contributed by atoms with E-state index < -0.39 is 0 Å². The molecule has 0 aliphatic rings. The molecule has 0 atom stereocenters. The smallest absolute Gasteiger partial charge is 0.272 e. The number of anilines is 2. The Bertz CT molecular complexity index is 848. The molecule has 0 saturated carbocycles. The summed E-state index contributed by atoms with van der Waals surface area (Å²) in [7, 11) is 0. The molecular weight excluding hydrogens is 324 g/mol. The molecule has 5 heteroatoms. The first-order valence-electron chi connectivity index (χ1n) is 8.37. The fourth-order valence-electron chi connectivity index (χ4n) is 2.52. The number of hydrogen-bond acceptors (Lipinski definition) is 4. The second-order valence-corrected chi connectivity index (χ2v) is 5.68. The summed E-state index contributed by atoms with van der Waals surface area (Å²) >= 11 is 0. The quantitative estimate of drug-likeness (QED) is 0.664. The summed E-state index contributed by atoms with van der Waals surface area (Å²) in [5, 5.41) is 11.0. The SMILES string of the molecule is C=CCNC(=O)c1ccc(N(Cc2ccccc2)c2ccccc2)nn1. The highest BCUT2D eigenvalue weighted by Crippen LogP contribution is 2.25. The van der Waals surface area contributed by atoms with Gasteiger partial charge in [0.2, 0.25) is 0 Å². The van der Waals surface area contributed by atoms with Crippen molar-refractivity contribution < 1.29 is 4.79 Å². The minimum absolute atomic E-state index is 0.265. The van der Waals surface area contributed by atoms with Gasteiger partial charge < -0.3 is 10.2 Å². The van der Waals surface area contributed by atoms with E-state index in [4.69, 9.17) is 0 Å². The van der Waals surface area contributed by atoms with Gasteiger partial charge in [-0.2, -0.15) is 0 Å². The summed E-state index contributed by atoms with van der Waals surface area (Å²) < 4.78 is 0. The van der Waals surface area contributed by atoms with Crippen LogP contribution in [0.5, 0.6) is 0 Å². The minimum Gasteiger partial charge on any atom is -0.347 e. The first-order chi connectivity index (χ1) is 12.8. The third kappa shape index (κ3) is 4.33. The molecule has 0 saturated heterocycles. The van der Waals surface area contributed by atoms with Crippen LogP contribution >= 0.6 is 0 Å². The average Bonchev–Trinajstić information content (AvgIpc) is 2.72. The molecule has 0 spiro atoms. The van der Waals surface area contributed by atoms with Crippen LogP contribution in [-0.4, -0.2) is 22.6 Å². The van der Waals surface area contributed by atoms with E-state index in [1.54, 1.807) is 12.1 Å². The summed E-state index contributed by atoms with van der Waals surface area (Å²) in [4.78, 5) is 14.0. The number of aromatic nitrogens is 2. The molecule has 2 aromatic carbocycles. The van der Waals surface area contributed by atoms with Crippen molar-refractivity contribution in [3.63, 3.8) is 0 Å². The van der Waals surface area contributed by atoms with E-state index in [9.17, 15) is 4.79 Å². The maximum Gasteiger partial charge on any atom is 0.272 e. The molecular formula is C21H20N4O. The van der Waals surface area contributed by atoms with Crippen LogP contribution in [0.25, 0.3) is 0 Å². The summed E-state index contributed by atoms with van der Waals surface area (Å²) in [5.41, 5.74) is 2.45. The maximum atomic E-state index is 12.0. The highest BCUT2D eigenvalue weighted by molar-refractivity contribution is 5.92. The van der Waals surface area contributed by atoms with Crippen molar-refractivity contribution in [3.05, 3.63) is 96.7 Å². The van der Waals surface area contributed by atoms with Gasteiger partial charge in [0.05, 0.1) is 0 Å². The van der Waals surface area contributed by atoms with Gasteiger partial charge in [-0.3, -0.25) is 4.79 Å². The number of rotatable bonds is 7. The van der Waals surface area contributed by atoms with E-state index in [-0.39, 0.29) is 11.6 Å². The standard InChI is InChI=1S/C21H20N4O/c1-2-15-22-21(26)19-13-14-20(24-23-19)25(18-11-7-4-8-12-18)16-17-9-5-3-6-10-17/h2-14H,1,15-16H2,(H,22,26). The summed E-state index contributed by atoms with van der Waals surface area (Å²) in [6.07, 6.45) is 1.62. The van der Waals surface area contributed by atoms with E-state index in [2.05, 4.69) is 39.1 Å². The van der Waals surface area contributed by atoms with Crippen LogP contribution in [0.2, 0.25) is 0 Å². The second kappa shape index (κ2) is 8.58. The predicted octanol–water partition coefficient (Wildman–Crippen LogP) is 3.73. The van der Waals surface area contributed by atoms with Crippen LogP contribution in [0.4, 0.5) is 11.5 Å². The molecule has 0 radical (unpaired) electrons. The van der Waals surface area contributed by atoms with Crippen molar-refractivity contribution in [2.45, 2.75) is 6.54 Å². The van der Waals surface area contributed by atoms with Gasteiger partial charge >= 0.3 is 0 Å². The van der Waals surface area contributed by atoms with Gasteiger partial charge in [-0.15, -0.1) is 16.8 Å². The zero-order valence-electron chi connectivity index (χ0n) is 14.4. The third-order valence-corrected chi connectivity index (χ3v) is 3.82. The Morgan fingerprint density at radius 1 is 0.962 bits per heavy atom. The molecule has 5 nitrogen and oxygen atoms in total. The number of carbonyl (C=O) groups is 1. The van der Waals surface area contributed by atoms with E-state index in [1.807, 2.05) is 54.6 Å². The number of nitrogens with zero attached hydrogens (tertiary/aromatic N) is 3. The first kappa shape index (κ1) is 17.4. The van der Waals surface area contributed by atoms with Crippen LogP contribution in [0.3, 0.4) is 0 Å². The molecule has 3 aromatic rings. The topological polar surface area (TPSA) is 58.1 Å². The van der Waals surface area contributed by atoms with Crippen LogP contribution < -0.4 is 10.2 Å². The Kier molecular flexibility index (Phi) is 5.72.